The minimum atomic E-state index is 0.153. The van der Waals surface area contributed by atoms with Crippen molar-refractivity contribution in [2.24, 2.45) is 5.73 Å². The predicted molar refractivity (Wildman–Crippen MR) is 84.9 cm³/mol. The second kappa shape index (κ2) is 5.05. The van der Waals surface area contributed by atoms with Gasteiger partial charge >= 0.3 is 0 Å². The smallest absolute Gasteiger partial charge is 0.0346 e. The predicted octanol–water partition coefficient (Wildman–Crippen LogP) is 2.56. The summed E-state index contributed by atoms with van der Waals surface area (Å²) in [5.41, 5.74) is 17.4. The first-order valence-electron chi connectivity index (χ1n) is 7.85. The zero-order chi connectivity index (χ0) is 14.3. The topological polar surface area (TPSA) is 55.3 Å². The molecule has 0 bridgehead atoms. The lowest BCUT2D eigenvalue weighted by Gasteiger charge is -2.34. The van der Waals surface area contributed by atoms with Gasteiger partial charge in [0, 0.05) is 17.8 Å². The molecule has 1 heterocycles. The van der Waals surface area contributed by atoms with E-state index in [1.165, 1.54) is 55.5 Å². The summed E-state index contributed by atoms with van der Waals surface area (Å²) in [6.45, 7) is 7.77. The van der Waals surface area contributed by atoms with Crippen LogP contribution >= 0.6 is 0 Å². The van der Waals surface area contributed by atoms with E-state index in [2.05, 4.69) is 30.9 Å². The number of benzene rings is 1. The Hall–Kier alpha value is -1.06. The van der Waals surface area contributed by atoms with Gasteiger partial charge in [-0.25, -0.2) is 0 Å². The van der Waals surface area contributed by atoms with Gasteiger partial charge in [0.15, 0.2) is 0 Å². The standard InChI is InChI=1S/C17H27N3/c1-12-10-16(18)13(2)9-15(12)14-3-7-20(8-4-14)11-17(19)5-6-17/h9-10,14H,3-8,11,18-19H2,1-2H3. The Morgan fingerprint density at radius 2 is 1.80 bits per heavy atom. The van der Waals surface area contributed by atoms with Gasteiger partial charge in [-0.15, -0.1) is 0 Å². The van der Waals surface area contributed by atoms with Gasteiger partial charge in [0.1, 0.15) is 0 Å². The molecule has 2 fully saturated rings. The van der Waals surface area contributed by atoms with Crippen molar-refractivity contribution in [1.29, 1.82) is 0 Å². The molecule has 0 aromatic heterocycles. The quantitative estimate of drug-likeness (QED) is 0.832. The van der Waals surface area contributed by atoms with E-state index in [0.717, 1.165) is 12.2 Å². The minimum absolute atomic E-state index is 0.153. The molecule has 0 spiro atoms. The number of nitrogens with two attached hydrogens (primary N) is 2. The fraction of sp³-hybridized carbons (Fsp3) is 0.647. The van der Waals surface area contributed by atoms with Crippen LogP contribution in [0.4, 0.5) is 5.69 Å². The maximum absolute atomic E-state index is 6.23. The van der Waals surface area contributed by atoms with Crippen LogP contribution < -0.4 is 11.5 Å². The number of likely N-dealkylation sites (tertiary alicyclic amines) is 1. The molecule has 0 atom stereocenters. The molecular weight excluding hydrogens is 246 g/mol. The normalized spacial score (nSPS) is 22.9. The van der Waals surface area contributed by atoms with Gasteiger partial charge in [-0.3, -0.25) is 0 Å². The first-order valence-corrected chi connectivity index (χ1v) is 7.85. The molecule has 1 saturated carbocycles. The second-order valence-electron chi connectivity index (χ2n) is 6.98. The third-order valence-electron chi connectivity index (χ3n) is 5.11. The van der Waals surface area contributed by atoms with Crippen LogP contribution in [-0.4, -0.2) is 30.1 Å². The lowest BCUT2D eigenvalue weighted by molar-refractivity contribution is 0.196. The average molecular weight is 273 g/mol. The van der Waals surface area contributed by atoms with Crippen LogP contribution in [0.2, 0.25) is 0 Å². The van der Waals surface area contributed by atoms with Crippen LogP contribution in [0.3, 0.4) is 0 Å². The summed E-state index contributed by atoms with van der Waals surface area (Å²) in [4.78, 5) is 2.56. The third kappa shape index (κ3) is 2.84. The molecule has 1 aliphatic heterocycles. The van der Waals surface area contributed by atoms with Crippen molar-refractivity contribution in [2.45, 2.75) is 51.0 Å². The molecule has 1 aromatic carbocycles. The van der Waals surface area contributed by atoms with Gasteiger partial charge in [-0.1, -0.05) is 6.07 Å². The Bertz CT molecular complexity index is 497. The van der Waals surface area contributed by atoms with Crippen LogP contribution in [0.5, 0.6) is 0 Å². The summed E-state index contributed by atoms with van der Waals surface area (Å²) in [7, 11) is 0. The van der Waals surface area contributed by atoms with Gasteiger partial charge in [0.2, 0.25) is 0 Å². The van der Waals surface area contributed by atoms with E-state index in [9.17, 15) is 0 Å². The van der Waals surface area contributed by atoms with E-state index in [0.29, 0.717) is 5.92 Å². The Labute approximate surface area is 122 Å². The molecule has 0 unspecified atom stereocenters. The van der Waals surface area contributed by atoms with Gasteiger partial charge in [0.25, 0.3) is 0 Å². The molecule has 1 aromatic rings. The molecular formula is C17H27N3. The minimum Gasteiger partial charge on any atom is -0.399 e. The number of nitrogen functional groups attached to an aromatic ring is 1. The molecule has 1 aliphatic carbocycles. The van der Waals surface area contributed by atoms with Crippen LogP contribution in [0.15, 0.2) is 12.1 Å². The number of anilines is 1. The van der Waals surface area contributed by atoms with Crippen molar-refractivity contribution in [3.05, 3.63) is 28.8 Å². The summed E-state index contributed by atoms with van der Waals surface area (Å²) in [6, 6.07) is 4.44. The summed E-state index contributed by atoms with van der Waals surface area (Å²) in [5.74, 6) is 0.693. The van der Waals surface area contributed by atoms with Crippen molar-refractivity contribution < 1.29 is 0 Å². The highest BCUT2D eigenvalue weighted by Crippen LogP contribution is 2.36. The summed E-state index contributed by atoms with van der Waals surface area (Å²) in [5, 5.41) is 0. The van der Waals surface area contributed by atoms with Gasteiger partial charge < -0.3 is 16.4 Å². The zero-order valence-corrected chi connectivity index (χ0v) is 12.8. The highest BCUT2D eigenvalue weighted by Gasteiger charge is 2.40. The van der Waals surface area contributed by atoms with E-state index in [4.69, 9.17) is 11.5 Å². The first-order chi connectivity index (χ1) is 9.47. The summed E-state index contributed by atoms with van der Waals surface area (Å²) >= 11 is 0. The highest BCUT2D eigenvalue weighted by atomic mass is 15.2. The molecule has 4 N–H and O–H groups in total. The molecule has 3 rings (SSSR count). The molecule has 2 aliphatic rings. The van der Waals surface area contributed by atoms with Crippen molar-refractivity contribution in [2.75, 3.05) is 25.4 Å². The number of rotatable bonds is 3. The van der Waals surface area contributed by atoms with Gasteiger partial charge in [-0.2, -0.15) is 0 Å². The third-order valence-corrected chi connectivity index (χ3v) is 5.11. The first kappa shape index (κ1) is 13.9. The van der Waals surface area contributed by atoms with Crippen LogP contribution in [0, 0.1) is 13.8 Å². The lowest BCUT2D eigenvalue weighted by atomic mass is 9.85. The number of nitrogens with zero attached hydrogens (tertiary/aromatic N) is 1. The molecule has 3 heteroatoms. The van der Waals surface area contributed by atoms with E-state index in [1.807, 2.05) is 0 Å². The van der Waals surface area contributed by atoms with Crippen molar-refractivity contribution in [3.8, 4) is 0 Å². The summed E-state index contributed by atoms with van der Waals surface area (Å²) < 4.78 is 0. The fourth-order valence-electron chi connectivity index (χ4n) is 3.47. The van der Waals surface area contributed by atoms with E-state index < -0.39 is 0 Å². The van der Waals surface area contributed by atoms with E-state index in [-0.39, 0.29) is 5.54 Å². The number of hydrogen-bond acceptors (Lipinski definition) is 3. The monoisotopic (exact) mass is 273 g/mol. The Kier molecular flexibility index (Phi) is 3.51. The number of aryl methyl sites for hydroxylation is 2. The Balaban J connectivity index is 1.64. The zero-order valence-electron chi connectivity index (χ0n) is 12.8. The maximum Gasteiger partial charge on any atom is 0.0346 e. The van der Waals surface area contributed by atoms with Gasteiger partial charge in [-0.05, 0) is 81.3 Å². The Morgan fingerprint density at radius 1 is 1.15 bits per heavy atom. The largest absolute Gasteiger partial charge is 0.399 e. The molecule has 0 amide bonds. The molecule has 20 heavy (non-hydrogen) atoms. The Morgan fingerprint density at radius 3 is 2.40 bits per heavy atom. The van der Waals surface area contributed by atoms with Crippen molar-refractivity contribution >= 4 is 5.69 Å². The van der Waals surface area contributed by atoms with Crippen molar-refractivity contribution in [3.63, 3.8) is 0 Å². The average Bonchev–Trinajstić information content (AvgIpc) is 3.12. The number of piperidine rings is 1. The lowest BCUT2D eigenvalue weighted by Crippen LogP contribution is -2.43. The fourth-order valence-corrected chi connectivity index (χ4v) is 3.47. The number of hydrogen-bond donors (Lipinski definition) is 2. The molecule has 1 saturated heterocycles. The van der Waals surface area contributed by atoms with Gasteiger partial charge in [0.05, 0.1) is 0 Å². The molecule has 3 nitrogen and oxygen atoms in total. The molecule has 110 valence electrons. The van der Waals surface area contributed by atoms with E-state index >= 15 is 0 Å². The summed E-state index contributed by atoms with van der Waals surface area (Å²) in [6.07, 6.45) is 4.92. The van der Waals surface area contributed by atoms with Crippen LogP contribution in [0.1, 0.15) is 48.3 Å². The van der Waals surface area contributed by atoms with Crippen molar-refractivity contribution in [1.82, 2.24) is 4.90 Å². The van der Waals surface area contributed by atoms with E-state index in [1.54, 1.807) is 0 Å². The van der Waals surface area contributed by atoms with Crippen LogP contribution in [-0.2, 0) is 0 Å². The molecule has 0 radical (unpaired) electrons. The maximum atomic E-state index is 6.23. The van der Waals surface area contributed by atoms with Crippen LogP contribution in [0.25, 0.3) is 0 Å². The second-order valence-corrected chi connectivity index (χ2v) is 6.98. The highest BCUT2D eigenvalue weighted by molar-refractivity contribution is 5.52. The SMILES string of the molecule is Cc1cc(C2CCN(CC3(N)CC3)CC2)c(C)cc1N.